The predicted octanol–water partition coefficient (Wildman–Crippen LogP) is 2.88. The lowest BCUT2D eigenvalue weighted by Crippen LogP contribution is -2.30. The van der Waals surface area contributed by atoms with Gasteiger partial charge in [-0.3, -0.25) is 4.79 Å². The molecule has 0 aliphatic heterocycles. The van der Waals surface area contributed by atoms with E-state index in [1.165, 1.54) is 0 Å². The van der Waals surface area contributed by atoms with Gasteiger partial charge in [0, 0.05) is 12.6 Å². The number of rotatable bonds is 8. The van der Waals surface area contributed by atoms with E-state index in [9.17, 15) is 4.79 Å². The van der Waals surface area contributed by atoms with Crippen LogP contribution in [0.1, 0.15) is 32.8 Å². The molecule has 0 heterocycles. The molecule has 1 rings (SSSR count). The smallest absolute Gasteiger partial charge is 0.257 e. The first kappa shape index (κ1) is 18.0. The van der Waals surface area contributed by atoms with Gasteiger partial charge in [0.15, 0.2) is 6.61 Å². The molecule has 1 unspecified atom stereocenters. The van der Waals surface area contributed by atoms with E-state index in [0.29, 0.717) is 18.2 Å². The van der Waals surface area contributed by atoms with E-state index >= 15 is 0 Å². The summed E-state index contributed by atoms with van der Waals surface area (Å²) in [6.07, 6.45) is 1.79. The van der Waals surface area contributed by atoms with Crippen LogP contribution in [0.4, 0.5) is 0 Å². The van der Waals surface area contributed by atoms with Crippen LogP contribution >= 0.6 is 15.9 Å². The molecule has 0 aromatic heterocycles. The van der Waals surface area contributed by atoms with Crippen molar-refractivity contribution in [1.29, 1.82) is 0 Å². The summed E-state index contributed by atoms with van der Waals surface area (Å²) in [5.74, 6) is 1.16. The highest BCUT2D eigenvalue weighted by molar-refractivity contribution is 9.10. The van der Waals surface area contributed by atoms with E-state index in [0.717, 1.165) is 22.9 Å². The van der Waals surface area contributed by atoms with E-state index < -0.39 is 0 Å². The van der Waals surface area contributed by atoms with Gasteiger partial charge in [-0.25, -0.2) is 0 Å². The standard InChI is InChI=1S/C16H25BrN2O2/c1-11(2)6-7-19-16(20)10-21-15-5-4-13(8-12(3)18)9-14(15)17/h4-5,9,11-12H,6-8,10,18H2,1-3H3,(H,19,20). The van der Waals surface area contributed by atoms with Gasteiger partial charge in [-0.1, -0.05) is 19.9 Å². The maximum atomic E-state index is 11.7. The fourth-order valence-electron chi connectivity index (χ4n) is 1.85. The predicted molar refractivity (Wildman–Crippen MR) is 89.5 cm³/mol. The number of carbonyl (C=O) groups excluding carboxylic acids is 1. The molecule has 0 spiro atoms. The van der Waals surface area contributed by atoms with Gasteiger partial charge in [0.25, 0.3) is 5.91 Å². The quantitative estimate of drug-likeness (QED) is 0.752. The van der Waals surface area contributed by atoms with Gasteiger partial charge in [0.2, 0.25) is 0 Å². The summed E-state index contributed by atoms with van der Waals surface area (Å²) in [6.45, 7) is 6.95. The fraction of sp³-hybridized carbons (Fsp3) is 0.562. The van der Waals surface area contributed by atoms with Crippen LogP contribution in [-0.4, -0.2) is 25.1 Å². The van der Waals surface area contributed by atoms with E-state index in [2.05, 4.69) is 35.1 Å². The maximum Gasteiger partial charge on any atom is 0.257 e. The van der Waals surface area contributed by atoms with Crippen LogP contribution in [0, 0.1) is 5.92 Å². The molecule has 21 heavy (non-hydrogen) atoms. The normalized spacial score (nSPS) is 12.3. The third-order valence-electron chi connectivity index (χ3n) is 2.96. The van der Waals surface area contributed by atoms with E-state index in [4.69, 9.17) is 10.5 Å². The van der Waals surface area contributed by atoms with Crippen LogP contribution in [0.3, 0.4) is 0 Å². The summed E-state index contributed by atoms with van der Waals surface area (Å²) in [5, 5.41) is 2.85. The Morgan fingerprint density at radius 1 is 1.38 bits per heavy atom. The third-order valence-corrected chi connectivity index (χ3v) is 3.58. The lowest BCUT2D eigenvalue weighted by atomic mass is 10.1. The highest BCUT2D eigenvalue weighted by Crippen LogP contribution is 2.26. The number of ether oxygens (including phenoxy) is 1. The van der Waals surface area contributed by atoms with Crippen molar-refractivity contribution in [2.24, 2.45) is 11.7 Å². The molecular weight excluding hydrogens is 332 g/mol. The summed E-state index contributed by atoms with van der Waals surface area (Å²) >= 11 is 3.46. The summed E-state index contributed by atoms with van der Waals surface area (Å²) in [5.41, 5.74) is 6.92. The van der Waals surface area contributed by atoms with Crippen molar-refractivity contribution in [1.82, 2.24) is 5.32 Å². The van der Waals surface area contributed by atoms with Gasteiger partial charge in [-0.05, 0) is 59.3 Å². The van der Waals surface area contributed by atoms with Gasteiger partial charge < -0.3 is 15.8 Å². The molecule has 3 N–H and O–H groups in total. The molecule has 1 atom stereocenters. The Morgan fingerprint density at radius 3 is 2.67 bits per heavy atom. The molecule has 0 saturated heterocycles. The SMILES string of the molecule is CC(C)CCNC(=O)COc1ccc(CC(C)N)cc1Br. The number of benzene rings is 1. The van der Waals surface area contributed by atoms with Crippen molar-refractivity contribution in [2.75, 3.05) is 13.2 Å². The molecule has 118 valence electrons. The number of nitrogens with two attached hydrogens (primary N) is 1. The molecule has 5 heteroatoms. The van der Waals surface area contributed by atoms with Crippen molar-refractivity contribution in [3.8, 4) is 5.75 Å². The van der Waals surface area contributed by atoms with Gasteiger partial charge >= 0.3 is 0 Å². The van der Waals surface area contributed by atoms with E-state index in [1.807, 2.05) is 25.1 Å². The highest BCUT2D eigenvalue weighted by atomic mass is 79.9. The van der Waals surface area contributed by atoms with Crippen molar-refractivity contribution in [2.45, 2.75) is 39.7 Å². The van der Waals surface area contributed by atoms with E-state index in [-0.39, 0.29) is 18.6 Å². The Hall–Kier alpha value is -1.07. The number of amides is 1. The average molecular weight is 357 g/mol. The van der Waals surface area contributed by atoms with Crippen LogP contribution < -0.4 is 15.8 Å². The number of hydrogen-bond acceptors (Lipinski definition) is 3. The molecule has 1 amide bonds. The van der Waals surface area contributed by atoms with Gasteiger partial charge in [0.1, 0.15) is 5.75 Å². The Labute approximate surface area is 135 Å². The molecule has 0 aliphatic carbocycles. The first-order chi connectivity index (χ1) is 9.88. The zero-order valence-electron chi connectivity index (χ0n) is 13.0. The molecule has 0 bridgehead atoms. The topological polar surface area (TPSA) is 64.3 Å². The fourth-order valence-corrected chi connectivity index (χ4v) is 2.40. The largest absolute Gasteiger partial charge is 0.483 e. The van der Waals surface area contributed by atoms with Crippen molar-refractivity contribution >= 4 is 21.8 Å². The number of carbonyl (C=O) groups is 1. The summed E-state index contributed by atoms with van der Waals surface area (Å²) in [4.78, 5) is 11.7. The molecule has 1 aromatic rings. The zero-order chi connectivity index (χ0) is 15.8. The minimum Gasteiger partial charge on any atom is -0.483 e. The van der Waals surface area contributed by atoms with E-state index in [1.54, 1.807) is 0 Å². The zero-order valence-corrected chi connectivity index (χ0v) is 14.6. The molecular formula is C16H25BrN2O2. The minimum atomic E-state index is -0.0952. The second-order valence-corrected chi connectivity index (χ2v) is 6.62. The van der Waals surface area contributed by atoms with Crippen molar-refractivity contribution in [3.63, 3.8) is 0 Å². The summed E-state index contributed by atoms with van der Waals surface area (Å²) < 4.78 is 6.37. The molecule has 0 aliphatic rings. The Kier molecular flexibility index (Phi) is 7.75. The van der Waals surface area contributed by atoms with Gasteiger partial charge in [0.05, 0.1) is 4.47 Å². The summed E-state index contributed by atoms with van der Waals surface area (Å²) in [6, 6.07) is 5.94. The summed E-state index contributed by atoms with van der Waals surface area (Å²) in [7, 11) is 0. The minimum absolute atomic E-state index is 0.0311. The van der Waals surface area contributed by atoms with Gasteiger partial charge in [-0.2, -0.15) is 0 Å². The molecule has 1 aromatic carbocycles. The van der Waals surface area contributed by atoms with Crippen LogP contribution in [-0.2, 0) is 11.2 Å². The Balaban J connectivity index is 2.43. The number of nitrogens with one attached hydrogen (secondary N) is 1. The second-order valence-electron chi connectivity index (χ2n) is 5.77. The molecule has 0 saturated carbocycles. The second kappa shape index (κ2) is 9.05. The van der Waals surface area contributed by atoms with Crippen LogP contribution in [0.2, 0.25) is 0 Å². The monoisotopic (exact) mass is 356 g/mol. The maximum absolute atomic E-state index is 11.7. The van der Waals surface area contributed by atoms with Crippen molar-refractivity contribution < 1.29 is 9.53 Å². The van der Waals surface area contributed by atoms with Crippen molar-refractivity contribution in [3.05, 3.63) is 28.2 Å². The average Bonchev–Trinajstić information content (AvgIpc) is 2.36. The highest BCUT2D eigenvalue weighted by Gasteiger charge is 2.07. The Bertz CT molecular complexity index is 462. The molecule has 0 fully saturated rings. The molecule has 0 radical (unpaired) electrons. The number of halogens is 1. The lowest BCUT2D eigenvalue weighted by Gasteiger charge is -2.11. The van der Waals surface area contributed by atoms with Gasteiger partial charge in [-0.15, -0.1) is 0 Å². The lowest BCUT2D eigenvalue weighted by molar-refractivity contribution is -0.123. The van der Waals surface area contributed by atoms with Crippen LogP contribution in [0.5, 0.6) is 5.75 Å². The van der Waals surface area contributed by atoms with Crippen LogP contribution in [0.25, 0.3) is 0 Å². The number of hydrogen-bond donors (Lipinski definition) is 2. The Morgan fingerprint density at radius 2 is 2.10 bits per heavy atom. The molecule has 4 nitrogen and oxygen atoms in total. The first-order valence-electron chi connectivity index (χ1n) is 7.32. The van der Waals surface area contributed by atoms with Crippen LogP contribution in [0.15, 0.2) is 22.7 Å². The third kappa shape index (κ3) is 7.48. The first-order valence-corrected chi connectivity index (χ1v) is 8.11.